The van der Waals surface area contributed by atoms with Gasteiger partial charge in [0.25, 0.3) is 0 Å². The summed E-state index contributed by atoms with van der Waals surface area (Å²) < 4.78 is 1.94. The lowest BCUT2D eigenvalue weighted by Gasteiger charge is -2.25. The molecule has 1 aliphatic carbocycles. The molecule has 2 aromatic heterocycles. The van der Waals surface area contributed by atoms with Gasteiger partial charge in [0.1, 0.15) is 18.0 Å². The summed E-state index contributed by atoms with van der Waals surface area (Å²) in [7, 11) is 0. The first-order valence-corrected chi connectivity index (χ1v) is 7.67. The van der Waals surface area contributed by atoms with Gasteiger partial charge in [-0.15, -0.1) is 0 Å². The van der Waals surface area contributed by atoms with Gasteiger partial charge < -0.3 is 5.11 Å². The van der Waals surface area contributed by atoms with Crippen LogP contribution in [0.3, 0.4) is 0 Å². The number of hydrogen-bond acceptors (Lipinski definition) is 4. The summed E-state index contributed by atoms with van der Waals surface area (Å²) in [6, 6.07) is 2.00. The first-order valence-electron chi connectivity index (χ1n) is 7.67. The Balaban J connectivity index is 1.67. The van der Waals surface area contributed by atoms with Crippen LogP contribution in [0.25, 0.3) is 5.82 Å². The zero-order valence-electron chi connectivity index (χ0n) is 12.6. The SMILES string of the molecule is Cc1nccn1-c1cc(CC2CCC(C(=O)O)CC2)ncn1. The summed E-state index contributed by atoms with van der Waals surface area (Å²) in [5.41, 5.74) is 1.01. The van der Waals surface area contributed by atoms with Gasteiger partial charge in [0.2, 0.25) is 0 Å². The molecule has 2 heterocycles. The lowest BCUT2D eigenvalue weighted by molar-refractivity contribution is -0.143. The van der Waals surface area contributed by atoms with Crippen molar-refractivity contribution < 1.29 is 9.90 Å². The molecule has 1 fully saturated rings. The predicted molar refractivity (Wildman–Crippen MR) is 80.7 cm³/mol. The van der Waals surface area contributed by atoms with Gasteiger partial charge in [0.15, 0.2) is 0 Å². The van der Waals surface area contributed by atoms with Crippen LogP contribution in [0.2, 0.25) is 0 Å². The fourth-order valence-corrected chi connectivity index (χ4v) is 3.16. The maximum Gasteiger partial charge on any atom is 0.306 e. The number of aromatic nitrogens is 4. The second kappa shape index (κ2) is 6.25. The molecule has 0 amide bonds. The fraction of sp³-hybridized carbons (Fsp3) is 0.500. The van der Waals surface area contributed by atoms with Gasteiger partial charge in [0, 0.05) is 24.2 Å². The molecular weight excluding hydrogens is 280 g/mol. The molecule has 6 nitrogen and oxygen atoms in total. The lowest BCUT2D eigenvalue weighted by atomic mass is 9.80. The molecule has 0 bridgehead atoms. The van der Waals surface area contributed by atoms with Crippen LogP contribution in [0.4, 0.5) is 0 Å². The van der Waals surface area contributed by atoms with Crippen molar-refractivity contribution in [2.45, 2.75) is 39.0 Å². The quantitative estimate of drug-likeness (QED) is 0.937. The van der Waals surface area contributed by atoms with E-state index in [9.17, 15) is 4.79 Å². The molecular formula is C16H20N4O2. The van der Waals surface area contributed by atoms with Gasteiger partial charge in [-0.25, -0.2) is 15.0 Å². The summed E-state index contributed by atoms with van der Waals surface area (Å²) in [6.07, 6.45) is 9.59. The van der Waals surface area contributed by atoms with Gasteiger partial charge in [-0.2, -0.15) is 0 Å². The summed E-state index contributed by atoms with van der Waals surface area (Å²) in [5, 5.41) is 9.05. The molecule has 0 saturated heterocycles. The molecule has 2 aromatic rings. The van der Waals surface area contributed by atoms with E-state index in [-0.39, 0.29) is 5.92 Å². The summed E-state index contributed by atoms with van der Waals surface area (Å²) >= 11 is 0. The first kappa shape index (κ1) is 14.7. The minimum Gasteiger partial charge on any atom is -0.481 e. The smallest absolute Gasteiger partial charge is 0.306 e. The van der Waals surface area contributed by atoms with Crippen molar-refractivity contribution in [3.8, 4) is 5.82 Å². The molecule has 0 aromatic carbocycles. The van der Waals surface area contributed by atoms with E-state index >= 15 is 0 Å². The van der Waals surface area contributed by atoms with Crippen LogP contribution in [0.1, 0.15) is 37.2 Å². The number of aryl methyl sites for hydroxylation is 1. The van der Waals surface area contributed by atoms with Crippen LogP contribution < -0.4 is 0 Å². The fourth-order valence-electron chi connectivity index (χ4n) is 3.16. The van der Waals surface area contributed by atoms with Crippen LogP contribution in [0.15, 0.2) is 24.8 Å². The highest BCUT2D eigenvalue weighted by Gasteiger charge is 2.26. The van der Waals surface area contributed by atoms with Gasteiger partial charge >= 0.3 is 5.97 Å². The molecule has 0 spiro atoms. The molecule has 3 rings (SSSR count). The molecule has 116 valence electrons. The number of imidazole rings is 1. The molecule has 0 atom stereocenters. The van der Waals surface area contributed by atoms with Crippen molar-refractivity contribution in [2.24, 2.45) is 11.8 Å². The number of carbonyl (C=O) groups is 1. The number of hydrogen-bond donors (Lipinski definition) is 1. The van der Waals surface area contributed by atoms with Crippen molar-refractivity contribution in [3.05, 3.63) is 36.3 Å². The van der Waals surface area contributed by atoms with E-state index < -0.39 is 5.97 Å². The normalized spacial score (nSPS) is 21.7. The van der Waals surface area contributed by atoms with Crippen molar-refractivity contribution in [2.75, 3.05) is 0 Å². The highest BCUT2D eigenvalue weighted by Crippen LogP contribution is 2.31. The van der Waals surface area contributed by atoms with E-state index in [1.165, 1.54) is 0 Å². The predicted octanol–water partition coefficient (Wildman–Crippen LogP) is 2.40. The van der Waals surface area contributed by atoms with Crippen LogP contribution >= 0.6 is 0 Å². The van der Waals surface area contributed by atoms with Crippen molar-refractivity contribution >= 4 is 5.97 Å². The van der Waals surface area contributed by atoms with Crippen LogP contribution in [-0.4, -0.2) is 30.6 Å². The Bertz CT molecular complexity index is 660. The zero-order chi connectivity index (χ0) is 15.5. The Morgan fingerprint density at radius 2 is 2.05 bits per heavy atom. The average molecular weight is 300 g/mol. The Kier molecular flexibility index (Phi) is 4.18. The van der Waals surface area contributed by atoms with E-state index in [4.69, 9.17) is 5.11 Å². The highest BCUT2D eigenvalue weighted by molar-refractivity contribution is 5.69. The number of carboxylic acid groups (broad SMARTS) is 1. The minimum atomic E-state index is -0.654. The first-order chi connectivity index (χ1) is 10.6. The number of nitrogens with zero attached hydrogens (tertiary/aromatic N) is 4. The van der Waals surface area contributed by atoms with E-state index in [1.54, 1.807) is 12.5 Å². The van der Waals surface area contributed by atoms with Gasteiger partial charge in [-0.3, -0.25) is 9.36 Å². The van der Waals surface area contributed by atoms with E-state index in [1.807, 2.05) is 23.8 Å². The second-order valence-electron chi connectivity index (χ2n) is 5.97. The molecule has 1 N–H and O–H groups in total. The Morgan fingerprint density at radius 3 is 2.68 bits per heavy atom. The minimum absolute atomic E-state index is 0.161. The van der Waals surface area contributed by atoms with Crippen molar-refractivity contribution in [1.29, 1.82) is 0 Å². The molecule has 0 aliphatic heterocycles. The van der Waals surface area contributed by atoms with Gasteiger partial charge in [-0.1, -0.05) is 0 Å². The summed E-state index contributed by atoms with van der Waals surface area (Å²) in [4.78, 5) is 23.9. The van der Waals surface area contributed by atoms with E-state index in [0.717, 1.165) is 49.4 Å². The number of carboxylic acids is 1. The zero-order valence-corrected chi connectivity index (χ0v) is 12.6. The third kappa shape index (κ3) is 3.16. The number of aliphatic carboxylic acids is 1. The molecule has 0 radical (unpaired) electrons. The van der Waals surface area contributed by atoms with Gasteiger partial charge in [-0.05, 0) is 44.9 Å². The Morgan fingerprint density at radius 1 is 1.27 bits per heavy atom. The molecule has 22 heavy (non-hydrogen) atoms. The monoisotopic (exact) mass is 300 g/mol. The molecule has 0 unspecified atom stereocenters. The molecule has 1 aliphatic rings. The third-order valence-corrected chi connectivity index (χ3v) is 4.48. The second-order valence-corrected chi connectivity index (χ2v) is 5.97. The maximum absolute atomic E-state index is 11.0. The maximum atomic E-state index is 11.0. The average Bonchev–Trinajstić information content (AvgIpc) is 2.94. The summed E-state index contributed by atoms with van der Waals surface area (Å²) in [5.74, 6) is 1.43. The van der Waals surface area contributed by atoms with Crippen LogP contribution in [-0.2, 0) is 11.2 Å². The molecule has 6 heteroatoms. The topological polar surface area (TPSA) is 80.9 Å². The molecule has 1 saturated carbocycles. The van der Waals surface area contributed by atoms with Crippen LogP contribution in [0.5, 0.6) is 0 Å². The van der Waals surface area contributed by atoms with E-state index in [0.29, 0.717) is 5.92 Å². The third-order valence-electron chi connectivity index (χ3n) is 4.48. The Hall–Kier alpha value is -2.24. The lowest BCUT2D eigenvalue weighted by Crippen LogP contribution is -2.22. The summed E-state index contributed by atoms with van der Waals surface area (Å²) in [6.45, 7) is 1.94. The largest absolute Gasteiger partial charge is 0.481 e. The highest BCUT2D eigenvalue weighted by atomic mass is 16.4. The van der Waals surface area contributed by atoms with E-state index in [2.05, 4.69) is 15.0 Å². The van der Waals surface area contributed by atoms with Crippen molar-refractivity contribution in [3.63, 3.8) is 0 Å². The standard InChI is InChI=1S/C16H20N4O2/c1-11-17-6-7-20(11)15-9-14(18-10-19-15)8-12-2-4-13(5-3-12)16(21)22/h6-7,9-10,12-13H,2-5,8H2,1H3,(H,21,22). The van der Waals surface area contributed by atoms with Gasteiger partial charge in [0.05, 0.1) is 5.92 Å². The van der Waals surface area contributed by atoms with Crippen molar-refractivity contribution in [1.82, 2.24) is 19.5 Å². The van der Waals surface area contributed by atoms with Crippen LogP contribution in [0, 0.1) is 18.8 Å². The number of rotatable bonds is 4. The Labute approximate surface area is 129 Å².